The van der Waals surface area contributed by atoms with Gasteiger partial charge in [0, 0.05) is 25.3 Å². The second-order valence-electron chi connectivity index (χ2n) is 4.38. The zero-order chi connectivity index (χ0) is 12.8. The maximum absolute atomic E-state index is 11.9. The lowest BCUT2D eigenvalue weighted by Crippen LogP contribution is -2.48. The van der Waals surface area contributed by atoms with Crippen molar-refractivity contribution in [3.63, 3.8) is 0 Å². The molecule has 98 valence electrons. The Morgan fingerprint density at radius 2 is 2.22 bits per heavy atom. The topological polar surface area (TPSA) is 67.6 Å². The highest BCUT2D eigenvalue weighted by molar-refractivity contribution is 5.92. The molecule has 1 amide bonds. The molecular formula is C13H19N3O2. The molecule has 18 heavy (non-hydrogen) atoms. The lowest BCUT2D eigenvalue weighted by atomic mass is 10.2. The van der Waals surface area contributed by atoms with Gasteiger partial charge in [-0.3, -0.25) is 9.69 Å². The van der Waals surface area contributed by atoms with Crippen molar-refractivity contribution in [2.75, 3.05) is 38.1 Å². The molecule has 1 aliphatic heterocycles. The molecule has 1 atom stereocenters. The first-order chi connectivity index (χ1) is 8.78. The number of nitrogens with two attached hydrogens (primary N) is 1. The molecule has 2 rings (SSSR count). The van der Waals surface area contributed by atoms with Gasteiger partial charge in [-0.05, 0) is 12.1 Å². The molecule has 0 saturated carbocycles. The molecule has 1 heterocycles. The fraction of sp³-hybridized carbons (Fsp3) is 0.462. The van der Waals surface area contributed by atoms with Gasteiger partial charge >= 0.3 is 0 Å². The Kier molecular flexibility index (Phi) is 4.69. The number of carbonyl (C=O) groups excluding carboxylic acids is 1. The predicted octanol–water partition coefficient (Wildman–Crippen LogP) is 0.285. The highest BCUT2D eigenvalue weighted by Crippen LogP contribution is 2.07. The molecule has 5 heteroatoms. The van der Waals surface area contributed by atoms with E-state index in [2.05, 4.69) is 10.2 Å². The lowest BCUT2D eigenvalue weighted by Gasteiger charge is -2.31. The minimum atomic E-state index is -0.00104. The van der Waals surface area contributed by atoms with E-state index in [9.17, 15) is 4.79 Å². The normalized spacial score (nSPS) is 20.6. The molecule has 3 N–H and O–H groups in total. The van der Waals surface area contributed by atoms with E-state index >= 15 is 0 Å². The third-order valence-corrected chi connectivity index (χ3v) is 2.91. The van der Waals surface area contributed by atoms with E-state index in [4.69, 9.17) is 10.5 Å². The number of amides is 1. The minimum Gasteiger partial charge on any atom is -0.374 e. The average Bonchev–Trinajstić information content (AvgIpc) is 2.40. The van der Waals surface area contributed by atoms with Crippen LogP contribution in [0.3, 0.4) is 0 Å². The second-order valence-corrected chi connectivity index (χ2v) is 4.38. The van der Waals surface area contributed by atoms with E-state index in [0.29, 0.717) is 19.7 Å². The second kappa shape index (κ2) is 6.49. The maximum atomic E-state index is 11.9. The molecule has 5 nitrogen and oxygen atoms in total. The van der Waals surface area contributed by atoms with Gasteiger partial charge in [0.1, 0.15) is 0 Å². The van der Waals surface area contributed by atoms with Crippen LogP contribution in [0.2, 0.25) is 0 Å². The Morgan fingerprint density at radius 3 is 2.94 bits per heavy atom. The quantitative estimate of drug-likeness (QED) is 0.804. The van der Waals surface area contributed by atoms with Gasteiger partial charge in [-0.15, -0.1) is 0 Å². The van der Waals surface area contributed by atoms with Crippen LogP contribution in [0.15, 0.2) is 30.3 Å². The van der Waals surface area contributed by atoms with Gasteiger partial charge in [0.15, 0.2) is 0 Å². The van der Waals surface area contributed by atoms with Crippen molar-refractivity contribution < 1.29 is 9.53 Å². The van der Waals surface area contributed by atoms with E-state index in [1.165, 1.54) is 0 Å². The first-order valence-corrected chi connectivity index (χ1v) is 6.17. The molecule has 1 aliphatic rings. The van der Waals surface area contributed by atoms with Gasteiger partial charge in [0.2, 0.25) is 5.91 Å². The number of carbonyl (C=O) groups is 1. The number of para-hydroxylation sites is 1. The first-order valence-electron chi connectivity index (χ1n) is 6.17. The van der Waals surface area contributed by atoms with Crippen molar-refractivity contribution in [2.45, 2.75) is 6.10 Å². The summed E-state index contributed by atoms with van der Waals surface area (Å²) in [6, 6.07) is 9.47. The standard InChI is InChI=1S/C13H19N3O2/c14-8-12-9-16(6-7-18-12)10-13(17)15-11-4-2-1-3-5-11/h1-5,12H,6-10,14H2,(H,15,17). The van der Waals surface area contributed by atoms with Gasteiger partial charge in [-0.2, -0.15) is 0 Å². The summed E-state index contributed by atoms with van der Waals surface area (Å²) in [5.41, 5.74) is 6.39. The van der Waals surface area contributed by atoms with E-state index in [1.54, 1.807) is 0 Å². The highest BCUT2D eigenvalue weighted by Gasteiger charge is 2.20. The van der Waals surface area contributed by atoms with Crippen molar-refractivity contribution in [3.8, 4) is 0 Å². The van der Waals surface area contributed by atoms with Gasteiger partial charge in [-0.1, -0.05) is 18.2 Å². The van der Waals surface area contributed by atoms with E-state index in [0.717, 1.165) is 18.8 Å². The van der Waals surface area contributed by atoms with Crippen LogP contribution < -0.4 is 11.1 Å². The Labute approximate surface area is 107 Å². The van der Waals surface area contributed by atoms with Crippen LogP contribution in [-0.2, 0) is 9.53 Å². The number of hydrogen-bond donors (Lipinski definition) is 2. The van der Waals surface area contributed by atoms with Crippen molar-refractivity contribution in [2.24, 2.45) is 5.73 Å². The molecule has 0 aliphatic carbocycles. The zero-order valence-electron chi connectivity index (χ0n) is 10.3. The predicted molar refractivity (Wildman–Crippen MR) is 70.3 cm³/mol. The molecule has 1 aromatic carbocycles. The fourth-order valence-corrected chi connectivity index (χ4v) is 1.99. The van der Waals surface area contributed by atoms with Gasteiger partial charge in [0.05, 0.1) is 19.3 Å². The van der Waals surface area contributed by atoms with Crippen LogP contribution in [0.4, 0.5) is 5.69 Å². The highest BCUT2D eigenvalue weighted by atomic mass is 16.5. The Balaban J connectivity index is 1.80. The molecule has 1 unspecified atom stereocenters. The number of morpholine rings is 1. The molecule has 1 fully saturated rings. The third kappa shape index (κ3) is 3.80. The van der Waals surface area contributed by atoms with Crippen LogP contribution in [0.1, 0.15) is 0 Å². The Bertz CT molecular complexity index is 383. The van der Waals surface area contributed by atoms with Crippen LogP contribution in [0.25, 0.3) is 0 Å². The van der Waals surface area contributed by atoms with Crippen LogP contribution in [-0.4, -0.2) is 49.7 Å². The van der Waals surface area contributed by atoms with E-state index in [1.807, 2.05) is 30.3 Å². The van der Waals surface area contributed by atoms with Crippen molar-refractivity contribution in [1.82, 2.24) is 4.90 Å². The van der Waals surface area contributed by atoms with Crippen LogP contribution in [0, 0.1) is 0 Å². The molecule has 0 bridgehead atoms. The summed E-state index contributed by atoms with van der Waals surface area (Å²) < 4.78 is 5.46. The zero-order valence-corrected chi connectivity index (χ0v) is 10.3. The largest absolute Gasteiger partial charge is 0.374 e. The van der Waals surface area contributed by atoms with Gasteiger partial charge in [-0.25, -0.2) is 0 Å². The number of hydrogen-bond acceptors (Lipinski definition) is 4. The smallest absolute Gasteiger partial charge is 0.238 e. The number of rotatable bonds is 4. The maximum Gasteiger partial charge on any atom is 0.238 e. The molecule has 0 radical (unpaired) electrons. The summed E-state index contributed by atoms with van der Waals surface area (Å²) in [6.07, 6.45) is 0.0447. The summed E-state index contributed by atoms with van der Waals surface area (Å²) >= 11 is 0. The summed E-state index contributed by atoms with van der Waals surface area (Å²) in [6.45, 7) is 3.02. The number of ether oxygens (including phenoxy) is 1. The fourth-order valence-electron chi connectivity index (χ4n) is 1.99. The summed E-state index contributed by atoms with van der Waals surface area (Å²) in [4.78, 5) is 13.9. The molecule has 1 aromatic rings. The number of anilines is 1. The minimum absolute atomic E-state index is 0.00104. The lowest BCUT2D eigenvalue weighted by molar-refractivity contribution is -0.119. The SMILES string of the molecule is NCC1CN(CC(=O)Nc2ccccc2)CCO1. The van der Waals surface area contributed by atoms with Gasteiger partial charge in [0.25, 0.3) is 0 Å². The Hall–Kier alpha value is -1.43. The Morgan fingerprint density at radius 1 is 1.44 bits per heavy atom. The van der Waals surface area contributed by atoms with E-state index < -0.39 is 0 Å². The van der Waals surface area contributed by atoms with Crippen molar-refractivity contribution >= 4 is 11.6 Å². The number of nitrogens with one attached hydrogen (secondary N) is 1. The summed E-state index contributed by atoms with van der Waals surface area (Å²) in [5, 5.41) is 2.87. The van der Waals surface area contributed by atoms with Crippen LogP contribution >= 0.6 is 0 Å². The van der Waals surface area contributed by atoms with Crippen molar-refractivity contribution in [1.29, 1.82) is 0 Å². The summed E-state index contributed by atoms with van der Waals surface area (Å²) in [7, 11) is 0. The third-order valence-electron chi connectivity index (χ3n) is 2.91. The van der Waals surface area contributed by atoms with Crippen LogP contribution in [0.5, 0.6) is 0 Å². The number of nitrogens with zero attached hydrogens (tertiary/aromatic N) is 1. The molecule has 0 spiro atoms. The van der Waals surface area contributed by atoms with E-state index in [-0.39, 0.29) is 12.0 Å². The monoisotopic (exact) mass is 249 g/mol. The first kappa shape index (κ1) is 13.0. The molecular weight excluding hydrogens is 230 g/mol. The molecule has 1 saturated heterocycles. The average molecular weight is 249 g/mol. The molecule has 0 aromatic heterocycles. The summed E-state index contributed by atoms with van der Waals surface area (Å²) in [5.74, 6) is -0.00104. The van der Waals surface area contributed by atoms with Crippen molar-refractivity contribution in [3.05, 3.63) is 30.3 Å². The number of benzene rings is 1. The van der Waals surface area contributed by atoms with Gasteiger partial charge < -0.3 is 15.8 Å².